The van der Waals surface area contributed by atoms with Gasteiger partial charge in [0, 0.05) is 43.1 Å². The van der Waals surface area contributed by atoms with Gasteiger partial charge in [-0.2, -0.15) is 0 Å². The Morgan fingerprint density at radius 1 is 1.00 bits per heavy atom. The maximum atomic E-state index is 13.5. The maximum Gasteiger partial charge on any atom is 0.306 e. The van der Waals surface area contributed by atoms with Crippen LogP contribution in [0.1, 0.15) is 70.3 Å². The maximum absolute atomic E-state index is 13.5. The average Bonchev–Trinajstić information content (AvgIpc) is 3.38. The summed E-state index contributed by atoms with van der Waals surface area (Å²) in [5.41, 5.74) is 3.12. The number of piperidine rings is 1. The highest BCUT2D eigenvalue weighted by atomic mass is 16.4. The van der Waals surface area contributed by atoms with E-state index in [0.717, 1.165) is 49.4 Å². The minimum absolute atomic E-state index is 0.211. The number of carbonyl (C=O) groups is 2. The van der Waals surface area contributed by atoms with Crippen LogP contribution in [0, 0.1) is 18.3 Å². The number of benzene rings is 1. The van der Waals surface area contributed by atoms with E-state index in [0.29, 0.717) is 25.7 Å². The molecule has 0 unspecified atom stereocenters. The van der Waals surface area contributed by atoms with Crippen LogP contribution in [0.25, 0.3) is 0 Å². The second-order valence-electron chi connectivity index (χ2n) is 11.0. The van der Waals surface area contributed by atoms with Crippen molar-refractivity contribution in [1.82, 2.24) is 4.90 Å². The molecule has 3 saturated heterocycles. The number of carbonyl (C=O) groups excluding carboxylic acids is 1. The summed E-state index contributed by atoms with van der Waals surface area (Å²) in [7, 11) is 0. The van der Waals surface area contributed by atoms with E-state index in [1.807, 2.05) is 4.90 Å². The molecule has 1 aliphatic carbocycles. The van der Waals surface area contributed by atoms with Crippen LogP contribution in [0.2, 0.25) is 0 Å². The SMILES string of the molecule is Cc1cc(N2CCC(N3CCC[C@@H]3C)CC2)ccc1N1CCC2(CCC(C(=O)O)CC2)C1=O. The Balaban J connectivity index is 1.23. The van der Waals surface area contributed by atoms with Gasteiger partial charge in [0.2, 0.25) is 5.91 Å². The van der Waals surface area contributed by atoms with Crippen LogP contribution in [0.15, 0.2) is 18.2 Å². The number of amides is 1. The van der Waals surface area contributed by atoms with E-state index in [1.165, 1.54) is 37.9 Å². The number of carboxylic acids is 1. The second-order valence-corrected chi connectivity index (χ2v) is 11.0. The molecule has 6 heteroatoms. The molecule has 0 radical (unpaired) electrons. The summed E-state index contributed by atoms with van der Waals surface area (Å²) in [4.78, 5) is 32.0. The van der Waals surface area contributed by atoms with Crippen molar-refractivity contribution in [1.29, 1.82) is 0 Å². The summed E-state index contributed by atoms with van der Waals surface area (Å²) in [6.45, 7) is 8.71. The number of hydrogen-bond donors (Lipinski definition) is 1. The molecule has 1 N–H and O–H groups in total. The largest absolute Gasteiger partial charge is 0.481 e. The second kappa shape index (κ2) is 8.94. The van der Waals surface area contributed by atoms with E-state index in [4.69, 9.17) is 0 Å². The Kier molecular flexibility index (Phi) is 6.15. The predicted molar refractivity (Wildman–Crippen MR) is 131 cm³/mol. The average molecular weight is 454 g/mol. The lowest BCUT2D eigenvalue weighted by atomic mass is 9.69. The van der Waals surface area contributed by atoms with E-state index in [2.05, 4.69) is 41.8 Å². The van der Waals surface area contributed by atoms with Gasteiger partial charge in [0.1, 0.15) is 0 Å². The van der Waals surface area contributed by atoms with Crippen LogP contribution in [-0.2, 0) is 9.59 Å². The molecule has 3 heterocycles. The van der Waals surface area contributed by atoms with Crippen LogP contribution in [0.4, 0.5) is 11.4 Å². The molecule has 1 aromatic carbocycles. The van der Waals surface area contributed by atoms with E-state index in [1.54, 1.807) is 0 Å². The number of hydrogen-bond acceptors (Lipinski definition) is 4. The summed E-state index contributed by atoms with van der Waals surface area (Å²) in [5.74, 6) is -0.781. The third-order valence-electron chi connectivity index (χ3n) is 9.18. The Hall–Kier alpha value is -2.08. The molecule has 3 aliphatic heterocycles. The minimum Gasteiger partial charge on any atom is -0.481 e. The summed E-state index contributed by atoms with van der Waals surface area (Å²) < 4.78 is 0. The van der Waals surface area contributed by atoms with Crippen LogP contribution in [-0.4, -0.2) is 60.1 Å². The molecule has 0 aromatic heterocycles. The van der Waals surface area contributed by atoms with Gasteiger partial charge in [0.15, 0.2) is 0 Å². The summed E-state index contributed by atoms with van der Waals surface area (Å²) in [6, 6.07) is 8.06. The Morgan fingerprint density at radius 2 is 1.73 bits per heavy atom. The molecule has 1 amide bonds. The number of anilines is 2. The molecular weight excluding hydrogens is 414 g/mol. The summed E-state index contributed by atoms with van der Waals surface area (Å²) >= 11 is 0. The highest BCUT2D eigenvalue weighted by molar-refractivity contribution is 6.00. The molecular formula is C27H39N3O3. The van der Waals surface area contributed by atoms with Gasteiger partial charge in [0.25, 0.3) is 0 Å². The minimum atomic E-state index is -0.711. The molecule has 180 valence electrons. The van der Waals surface area contributed by atoms with Gasteiger partial charge in [0.05, 0.1) is 11.3 Å². The lowest BCUT2D eigenvalue weighted by Crippen LogP contribution is -2.46. The molecule has 1 saturated carbocycles. The monoisotopic (exact) mass is 453 g/mol. The Morgan fingerprint density at radius 3 is 2.33 bits per heavy atom. The molecule has 1 spiro atoms. The molecule has 1 aromatic rings. The van der Waals surface area contributed by atoms with Gasteiger partial charge >= 0.3 is 5.97 Å². The van der Waals surface area contributed by atoms with Crippen LogP contribution >= 0.6 is 0 Å². The van der Waals surface area contributed by atoms with Crippen molar-refractivity contribution < 1.29 is 14.7 Å². The molecule has 1 atom stereocenters. The fourth-order valence-corrected chi connectivity index (χ4v) is 7.02. The fourth-order valence-electron chi connectivity index (χ4n) is 7.02. The zero-order valence-electron chi connectivity index (χ0n) is 20.3. The zero-order valence-corrected chi connectivity index (χ0v) is 20.3. The van der Waals surface area contributed by atoms with Gasteiger partial charge in [-0.15, -0.1) is 0 Å². The van der Waals surface area contributed by atoms with Crippen molar-refractivity contribution in [2.24, 2.45) is 11.3 Å². The number of likely N-dealkylation sites (tertiary alicyclic amines) is 1. The molecule has 0 bridgehead atoms. The highest BCUT2D eigenvalue weighted by Crippen LogP contribution is 2.48. The topological polar surface area (TPSA) is 64.1 Å². The smallest absolute Gasteiger partial charge is 0.306 e. The summed E-state index contributed by atoms with van der Waals surface area (Å²) in [5, 5.41) is 9.31. The van der Waals surface area contributed by atoms with Crippen molar-refractivity contribution in [3.05, 3.63) is 23.8 Å². The Labute approximate surface area is 197 Å². The first-order valence-corrected chi connectivity index (χ1v) is 13.0. The first kappa shape index (κ1) is 22.7. The van der Waals surface area contributed by atoms with Crippen molar-refractivity contribution in [2.45, 2.75) is 83.7 Å². The quantitative estimate of drug-likeness (QED) is 0.730. The number of nitrogens with zero attached hydrogens (tertiary/aromatic N) is 3. The van der Waals surface area contributed by atoms with E-state index < -0.39 is 5.97 Å². The molecule has 5 rings (SSSR count). The molecule has 4 aliphatic rings. The first-order valence-electron chi connectivity index (χ1n) is 13.0. The number of carboxylic acid groups (broad SMARTS) is 1. The highest BCUT2D eigenvalue weighted by Gasteiger charge is 2.49. The van der Waals surface area contributed by atoms with Gasteiger partial charge in [-0.1, -0.05) is 0 Å². The number of aliphatic carboxylic acids is 1. The van der Waals surface area contributed by atoms with Crippen LogP contribution < -0.4 is 9.80 Å². The third kappa shape index (κ3) is 4.16. The number of rotatable bonds is 4. The first-order chi connectivity index (χ1) is 15.9. The van der Waals surface area contributed by atoms with Gasteiger partial charge < -0.3 is 14.9 Å². The normalized spacial score (nSPS) is 31.6. The van der Waals surface area contributed by atoms with E-state index >= 15 is 0 Å². The van der Waals surface area contributed by atoms with E-state index in [-0.39, 0.29) is 17.2 Å². The Bertz CT molecular complexity index is 900. The van der Waals surface area contributed by atoms with Crippen molar-refractivity contribution >= 4 is 23.3 Å². The van der Waals surface area contributed by atoms with Crippen LogP contribution in [0.3, 0.4) is 0 Å². The third-order valence-corrected chi connectivity index (χ3v) is 9.18. The predicted octanol–water partition coefficient (Wildman–Crippen LogP) is 4.45. The van der Waals surface area contributed by atoms with Gasteiger partial charge in [-0.3, -0.25) is 14.5 Å². The molecule has 33 heavy (non-hydrogen) atoms. The van der Waals surface area contributed by atoms with Crippen LogP contribution in [0.5, 0.6) is 0 Å². The van der Waals surface area contributed by atoms with Gasteiger partial charge in [-0.25, -0.2) is 0 Å². The summed E-state index contributed by atoms with van der Waals surface area (Å²) in [6.07, 6.45) is 8.67. The van der Waals surface area contributed by atoms with Crippen molar-refractivity contribution in [2.75, 3.05) is 36.0 Å². The zero-order chi connectivity index (χ0) is 23.2. The standard InChI is InChI=1S/C27H39N3O3/c1-19-18-23(28-15-9-22(10-16-28)29-14-3-4-20(29)2)5-6-24(19)30-17-13-27(26(30)33)11-7-21(8-12-27)25(31)32/h5-6,18,20-22H,3-4,7-17H2,1-2H3,(H,31,32)/t20-,21?,27?/m0/s1. The fraction of sp³-hybridized carbons (Fsp3) is 0.704. The van der Waals surface area contributed by atoms with Gasteiger partial charge in [-0.05, 0) is 102 Å². The van der Waals surface area contributed by atoms with Crippen molar-refractivity contribution in [3.8, 4) is 0 Å². The van der Waals surface area contributed by atoms with E-state index in [9.17, 15) is 14.7 Å². The molecule has 4 fully saturated rings. The van der Waals surface area contributed by atoms with Crippen molar-refractivity contribution in [3.63, 3.8) is 0 Å². The number of aryl methyl sites for hydroxylation is 1. The lowest BCUT2D eigenvalue weighted by Gasteiger charge is -2.39. The lowest BCUT2D eigenvalue weighted by molar-refractivity contribution is -0.145. The molecule has 6 nitrogen and oxygen atoms in total.